The molecular formula is C32H33BrClN3O3. The molecule has 8 heteroatoms. The van der Waals surface area contributed by atoms with E-state index in [1.165, 1.54) is 0 Å². The van der Waals surface area contributed by atoms with Crippen LogP contribution in [0.15, 0.2) is 77.3 Å². The number of carbonyl (C=O) groups excluding carboxylic acids is 1. The number of carbonyl (C=O) groups is 1. The average molecular weight is 623 g/mol. The van der Waals surface area contributed by atoms with E-state index in [0.29, 0.717) is 23.7 Å². The SMILES string of the molecule is Cc1c(-c2ccccc2)nc2ccc(Br)cc2c1C(=O)NCC(NCC1OC1OC(C)(C)C)c1ccccc1Cl. The van der Waals surface area contributed by atoms with Crippen LogP contribution in [0.1, 0.15) is 48.3 Å². The van der Waals surface area contributed by atoms with Gasteiger partial charge in [-0.15, -0.1) is 0 Å². The molecule has 3 aromatic carbocycles. The Balaban J connectivity index is 1.40. The molecule has 5 rings (SSSR count). The predicted molar refractivity (Wildman–Crippen MR) is 164 cm³/mol. The Morgan fingerprint density at radius 2 is 1.82 bits per heavy atom. The third-order valence-corrected chi connectivity index (χ3v) is 7.62. The molecule has 0 radical (unpaired) electrons. The zero-order valence-corrected chi connectivity index (χ0v) is 25.3. The smallest absolute Gasteiger partial charge is 0.252 e. The number of halogens is 2. The van der Waals surface area contributed by atoms with Gasteiger partial charge < -0.3 is 20.1 Å². The van der Waals surface area contributed by atoms with Gasteiger partial charge in [-0.1, -0.05) is 76.1 Å². The molecule has 1 fully saturated rings. The van der Waals surface area contributed by atoms with Crippen molar-refractivity contribution < 1.29 is 14.3 Å². The van der Waals surface area contributed by atoms with E-state index >= 15 is 0 Å². The van der Waals surface area contributed by atoms with E-state index in [4.69, 9.17) is 26.1 Å². The van der Waals surface area contributed by atoms with Gasteiger partial charge in [0, 0.05) is 33.5 Å². The second-order valence-electron chi connectivity index (χ2n) is 11.0. The van der Waals surface area contributed by atoms with Crippen molar-refractivity contribution in [3.63, 3.8) is 0 Å². The second kappa shape index (κ2) is 12.0. The maximum absolute atomic E-state index is 13.9. The number of amides is 1. The summed E-state index contributed by atoms with van der Waals surface area (Å²) in [7, 11) is 0. The fourth-order valence-corrected chi connectivity index (χ4v) is 5.44. The van der Waals surface area contributed by atoms with Gasteiger partial charge in [0.15, 0.2) is 6.29 Å². The normalized spacial score (nSPS) is 17.6. The molecule has 3 unspecified atom stereocenters. The first kappa shape index (κ1) is 28.7. The Labute approximate surface area is 248 Å². The summed E-state index contributed by atoms with van der Waals surface area (Å²) in [5.41, 5.74) is 4.56. The average Bonchev–Trinajstić information content (AvgIpc) is 3.65. The molecule has 208 valence electrons. The minimum atomic E-state index is -0.283. The van der Waals surface area contributed by atoms with Crippen molar-refractivity contribution in [2.75, 3.05) is 13.1 Å². The maximum atomic E-state index is 13.9. The molecule has 6 nitrogen and oxygen atoms in total. The van der Waals surface area contributed by atoms with E-state index < -0.39 is 0 Å². The standard InChI is InChI=1S/C32H33BrClN3O3/c1-19-28(23-16-21(33)14-15-25(23)37-29(19)20-10-6-5-7-11-20)30(38)36-17-26(22-12-8-9-13-24(22)34)35-18-27-31(39-27)40-32(2,3)4/h5-16,26-27,31,35H,17-18H2,1-4H3,(H,36,38). The minimum Gasteiger partial charge on any atom is -0.350 e. The fourth-order valence-electron chi connectivity index (χ4n) is 4.82. The van der Waals surface area contributed by atoms with Crippen molar-refractivity contribution >= 4 is 44.3 Å². The molecule has 0 saturated carbocycles. The third kappa shape index (κ3) is 6.73. The number of rotatable bonds is 9. The van der Waals surface area contributed by atoms with Crippen molar-refractivity contribution in [1.29, 1.82) is 0 Å². The Morgan fingerprint density at radius 3 is 2.55 bits per heavy atom. The first-order valence-electron chi connectivity index (χ1n) is 13.4. The Kier molecular flexibility index (Phi) is 8.59. The lowest BCUT2D eigenvalue weighted by Gasteiger charge is -2.22. The maximum Gasteiger partial charge on any atom is 0.252 e. The molecular weight excluding hydrogens is 590 g/mol. The van der Waals surface area contributed by atoms with Gasteiger partial charge in [0.1, 0.15) is 6.10 Å². The summed E-state index contributed by atoms with van der Waals surface area (Å²) in [4.78, 5) is 18.8. The van der Waals surface area contributed by atoms with Gasteiger partial charge in [0.05, 0.1) is 28.4 Å². The second-order valence-corrected chi connectivity index (χ2v) is 12.3. The molecule has 0 aliphatic carbocycles. The van der Waals surface area contributed by atoms with Crippen LogP contribution in [-0.2, 0) is 9.47 Å². The van der Waals surface area contributed by atoms with Crippen LogP contribution in [0, 0.1) is 6.92 Å². The summed E-state index contributed by atoms with van der Waals surface area (Å²) in [6.07, 6.45) is -0.299. The summed E-state index contributed by atoms with van der Waals surface area (Å²) in [5, 5.41) is 8.13. The molecule has 3 atom stereocenters. The van der Waals surface area contributed by atoms with Crippen LogP contribution in [0.25, 0.3) is 22.2 Å². The van der Waals surface area contributed by atoms with Crippen LogP contribution in [0.5, 0.6) is 0 Å². The van der Waals surface area contributed by atoms with E-state index in [1.807, 2.05) is 100 Å². The number of fused-ring (bicyclic) bond motifs is 1. The number of pyridine rings is 1. The molecule has 1 amide bonds. The van der Waals surface area contributed by atoms with E-state index in [2.05, 4.69) is 26.6 Å². The van der Waals surface area contributed by atoms with Crippen molar-refractivity contribution in [2.45, 2.75) is 51.7 Å². The van der Waals surface area contributed by atoms with Crippen LogP contribution < -0.4 is 10.6 Å². The number of hydrogen-bond donors (Lipinski definition) is 2. The Morgan fingerprint density at radius 1 is 1.10 bits per heavy atom. The molecule has 2 heterocycles. The van der Waals surface area contributed by atoms with Gasteiger partial charge in [-0.25, -0.2) is 4.98 Å². The quantitative estimate of drug-likeness (QED) is 0.193. The fraction of sp³-hybridized carbons (Fsp3) is 0.312. The number of epoxide rings is 1. The van der Waals surface area contributed by atoms with Crippen molar-refractivity contribution in [2.24, 2.45) is 0 Å². The molecule has 1 aromatic heterocycles. The summed E-state index contributed by atoms with van der Waals surface area (Å²) in [6.45, 7) is 8.87. The highest BCUT2D eigenvalue weighted by molar-refractivity contribution is 9.10. The predicted octanol–water partition coefficient (Wildman–Crippen LogP) is 7.23. The number of nitrogens with zero attached hydrogens (tertiary/aromatic N) is 1. The van der Waals surface area contributed by atoms with E-state index in [1.54, 1.807) is 0 Å². The van der Waals surface area contributed by atoms with Gasteiger partial charge in [-0.3, -0.25) is 4.79 Å². The molecule has 40 heavy (non-hydrogen) atoms. The molecule has 0 spiro atoms. The van der Waals surface area contributed by atoms with Crippen LogP contribution >= 0.6 is 27.5 Å². The molecule has 2 N–H and O–H groups in total. The van der Waals surface area contributed by atoms with Crippen molar-refractivity contribution in [3.8, 4) is 11.3 Å². The number of hydrogen-bond acceptors (Lipinski definition) is 5. The highest BCUT2D eigenvalue weighted by Gasteiger charge is 2.42. The van der Waals surface area contributed by atoms with Gasteiger partial charge in [-0.2, -0.15) is 0 Å². The topological polar surface area (TPSA) is 75.8 Å². The Bertz CT molecular complexity index is 1520. The number of nitrogens with one attached hydrogen (secondary N) is 2. The monoisotopic (exact) mass is 621 g/mol. The zero-order valence-electron chi connectivity index (χ0n) is 23.0. The van der Waals surface area contributed by atoms with Crippen LogP contribution in [-0.4, -0.2) is 42.0 Å². The van der Waals surface area contributed by atoms with Crippen LogP contribution in [0.2, 0.25) is 5.02 Å². The molecule has 1 saturated heterocycles. The van der Waals surface area contributed by atoms with Crippen molar-refractivity contribution in [3.05, 3.63) is 99.0 Å². The lowest BCUT2D eigenvalue weighted by Crippen LogP contribution is -2.37. The largest absolute Gasteiger partial charge is 0.350 e. The molecule has 1 aliphatic rings. The van der Waals surface area contributed by atoms with Crippen LogP contribution in [0.3, 0.4) is 0 Å². The molecule has 0 bridgehead atoms. The van der Waals surface area contributed by atoms with Gasteiger partial charge >= 0.3 is 0 Å². The number of benzene rings is 3. The van der Waals surface area contributed by atoms with Gasteiger partial charge in [0.2, 0.25) is 0 Å². The lowest BCUT2D eigenvalue weighted by molar-refractivity contribution is -0.0570. The third-order valence-electron chi connectivity index (χ3n) is 6.78. The molecule has 1 aliphatic heterocycles. The summed E-state index contributed by atoms with van der Waals surface area (Å²) < 4.78 is 12.5. The first-order chi connectivity index (χ1) is 19.1. The summed E-state index contributed by atoms with van der Waals surface area (Å²) in [6, 6.07) is 23.2. The van der Waals surface area contributed by atoms with Crippen molar-refractivity contribution in [1.82, 2.24) is 15.6 Å². The van der Waals surface area contributed by atoms with Crippen LogP contribution in [0.4, 0.5) is 0 Å². The van der Waals surface area contributed by atoms with E-state index in [-0.39, 0.29) is 29.9 Å². The number of aromatic nitrogens is 1. The summed E-state index contributed by atoms with van der Waals surface area (Å²) in [5.74, 6) is -0.171. The zero-order chi connectivity index (χ0) is 28.4. The highest BCUT2D eigenvalue weighted by atomic mass is 79.9. The minimum absolute atomic E-state index is 0.0583. The lowest BCUT2D eigenvalue weighted by atomic mass is 9.97. The first-order valence-corrected chi connectivity index (χ1v) is 14.5. The highest BCUT2D eigenvalue weighted by Crippen LogP contribution is 2.32. The van der Waals surface area contributed by atoms with E-state index in [0.717, 1.165) is 37.8 Å². The van der Waals surface area contributed by atoms with Gasteiger partial charge in [-0.05, 0) is 63.1 Å². The number of ether oxygens (including phenoxy) is 2. The summed E-state index contributed by atoms with van der Waals surface area (Å²) >= 11 is 10.1. The molecule has 4 aromatic rings. The van der Waals surface area contributed by atoms with E-state index in [9.17, 15) is 4.79 Å². The Hall–Kier alpha value is -2.81. The van der Waals surface area contributed by atoms with Gasteiger partial charge in [0.25, 0.3) is 5.91 Å².